The van der Waals surface area contributed by atoms with Crippen LogP contribution in [0.2, 0.25) is 0 Å². The molecule has 1 aromatic carbocycles. The number of rotatable bonds is 9. The van der Waals surface area contributed by atoms with Gasteiger partial charge in [0, 0.05) is 32.4 Å². The van der Waals surface area contributed by atoms with E-state index in [1.165, 1.54) is 17.7 Å². The third kappa shape index (κ3) is 5.86. The number of hydrogen-bond donors (Lipinski definition) is 1. The Balaban J connectivity index is 1.39. The van der Waals surface area contributed by atoms with Gasteiger partial charge < -0.3 is 19.7 Å². The highest BCUT2D eigenvalue weighted by Crippen LogP contribution is 2.32. The molecule has 2 N–H and O–H groups in total. The standard InChI is InChI=1S/C24H39N3O2S/c1-26(21-8-6-9-21)24(28)23(25)20-13-11-18(12-14-20)16-29-17-19-7-5-10-22(15-19)27(2)30(3)4/h5,7,10,15,18,20-21,23H,3,6,8-9,11-14,16-17,25H2,1-2,4H3/t18?,20?,23-,30?/m0/s1. The Labute approximate surface area is 185 Å². The van der Waals surface area contributed by atoms with E-state index < -0.39 is 0 Å². The van der Waals surface area contributed by atoms with Crippen molar-refractivity contribution in [1.82, 2.24) is 4.90 Å². The summed E-state index contributed by atoms with van der Waals surface area (Å²) in [4.78, 5) is 14.6. The van der Waals surface area contributed by atoms with Gasteiger partial charge in [0.15, 0.2) is 0 Å². The second kappa shape index (κ2) is 10.8. The molecule has 6 heteroatoms. The first kappa shape index (κ1) is 23.3. The molecule has 3 rings (SSSR count). The normalized spacial score (nSPS) is 24.0. The Bertz CT molecular complexity index is 729. The highest BCUT2D eigenvalue weighted by molar-refractivity contribution is 8.14. The van der Waals surface area contributed by atoms with Crippen molar-refractivity contribution >= 4 is 28.1 Å². The number of nitrogens with two attached hydrogens (primary N) is 1. The molecular formula is C24H39N3O2S. The van der Waals surface area contributed by atoms with Crippen LogP contribution in [0.25, 0.3) is 0 Å². The van der Waals surface area contributed by atoms with Gasteiger partial charge in [0.25, 0.3) is 0 Å². The number of ether oxygens (including phenoxy) is 1. The quantitative estimate of drug-likeness (QED) is 0.598. The van der Waals surface area contributed by atoms with Gasteiger partial charge in [0.1, 0.15) is 0 Å². The number of carbonyl (C=O) groups excluding carboxylic acids is 1. The van der Waals surface area contributed by atoms with Gasteiger partial charge in [0.2, 0.25) is 5.91 Å². The second-order valence-corrected chi connectivity index (χ2v) is 10.9. The average Bonchev–Trinajstić information content (AvgIpc) is 2.71. The van der Waals surface area contributed by atoms with E-state index >= 15 is 0 Å². The minimum absolute atomic E-state index is 0.0379. The lowest BCUT2D eigenvalue weighted by Crippen LogP contribution is -2.52. The molecule has 0 radical (unpaired) electrons. The summed E-state index contributed by atoms with van der Waals surface area (Å²) in [5, 5.41) is 0. The SMILES string of the molecule is C=S(C)N(C)c1cccc(COCC2CCC([C@H](N)C(=O)N(C)C3CCC3)CC2)c1. The minimum Gasteiger partial charge on any atom is -0.376 e. The number of carbonyl (C=O) groups is 1. The first-order valence-corrected chi connectivity index (χ1v) is 13.0. The van der Waals surface area contributed by atoms with Crippen molar-refractivity contribution in [2.24, 2.45) is 17.6 Å². The van der Waals surface area contributed by atoms with Crippen LogP contribution in [0.3, 0.4) is 0 Å². The van der Waals surface area contributed by atoms with Crippen molar-refractivity contribution in [1.29, 1.82) is 0 Å². The van der Waals surface area contributed by atoms with Gasteiger partial charge in [-0.05, 0) is 80.7 Å². The molecule has 168 valence electrons. The van der Waals surface area contributed by atoms with Crippen molar-refractivity contribution in [3.8, 4) is 0 Å². The summed E-state index contributed by atoms with van der Waals surface area (Å²) in [6.07, 6.45) is 9.87. The van der Waals surface area contributed by atoms with Gasteiger partial charge in [-0.3, -0.25) is 4.79 Å². The molecule has 2 aliphatic carbocycles. The van der Waals surface area contributed by atoms with Crippen molar-refractivity contribution in [2.45, 2.75) is 63.6 Å². The van der Waals surface area contributed by atoms with Gasteiger partial charge >= 0.3 is 0 Å². The van der Waals surface area contributed by atoms with E-state index in [1.54, 1.807) is 0 Å². The lowest BCUT2D eigenvalue weighted by Gasteiger charge is -2.38. The molecule has 0 aromatic heterocycles. The summed E-state index contributed by atoms with van der Waals surface area (Å²) in [7, 11) is 3.97. The lowest BCUT2D eigenvalue weighted by atomic mass is 9.78. The Kier molecular flexibility index (Phi) is 8.37. The second-order valence-electron chi connectivity index (χ2n) is 9.12. The highest BCUT2D eigenvalue weighted by Gasteiger charge is 2.34. The van der Waals surface area contributed by atoms with Crippen LogP contribution < -0.4 is 10.0 Å². The van der Waals surface area contributed by atoms with Gasteiger partial charge in [-0.25, -0.2) is 0 Å². The van der Waals surface area contributed by atoms with Gasteiger partial charge in [-0.2, -0.15) is 0 Å². The summed E-state index contributed by atoms with van der Waals surface area (Å²) in [5.41, 5.74) is 8.74. The average molecular weight is 434 g/mol. The van der Waals surface area contributed by atoms with E-state index in [0.29, 0.717) is 24.5 Å². The number of benzene rings is 1. The van der Waals surface area contributed by atoms with Crippen LogP contribution in [-0.4, -0.2) is 55.7 Å². The molecule has 2 saturated carbocycles. The number of likely N-dealkylation sites (N-methyl/N-ethyl adjacent to an activating group) is 1. The molecule has 0 saturated heterocycles. The van der Waals surface area contributed by atoms with Crippen LogP contribution in [-0.2, 0) is 16.1 Å². The zero-order valence-electron chi connectivity index (χ0n) is 18.9. The maximum absolute atomic E-state index is 12.7. The summed E-state index contributed by atoms with van der Waals surface area (Å²) < 4.78 is 8.24. The predicted octanol–water partition coefficient (Wildman–Crippen LogP) is 4.03. The van der Waals surface area contributed by atoms with Crippen LogP contribution in [0.15, 0.2) is 24.3 Å². The maximum Gasteiger partial charge on any atom is 0.239 e. The Morgan fingerprint density at radius 3 is 2.53 bits per heavy atom. The zero-order chi connectivity index (χ0) is 21.7. The van der Waals surface area contributed by atoms with Crippen LogP contribution in [0.5, 0.6) is 0 Å². The van der Waals surface area contributed by atoms with Gasteiger partial charge in [-0.1, -0.05) is 18.0 Å². The van der Waals surface area contributed by atoms with Crippen LogP contribution >= 0.6 is 10.7 Å². The summed E-state index contributed by atoms with van der Waals surface area (Å²) in [5.74, 6) is 5.14. The van der Waals surface area contributed by atoms with E-state index in [1.807, 2.05) is 11.9 Å². The summed E-state index contributed by atoms with van der Waals surface area (Å²) in [6, 6.07) is 8.59. The van der Waals surface area contributed by atoms with Gasteiger partial charge in [-0.15, -0.1) is 10.7 Å². The molecule has 1 amide bonds. The Morgan fingerprint density at radius 1 is 1.23 bits per heavy atom. The monoisotopic (exact) mass is 433 g/mol. The molecule has 30 heavy (non-hydrogen) atoms. The zero-order valence-corrected chi connectivity index (χ0v) is 19.7. The molecule has 0 aliphatic heterocycles. The lowest BCUT2D eigenvalue weighted by molar-refractivity contribution is -0.136. The predicted molar refractivity (Wildman–Crippen MR) is 129 cm³/mol. The van der Waals surface area contributed by atoms with Crippen molar-refractivity contribution in [3.63, 3.8) is 0 Å². The van der Waals surface area contributed by atoms with E-state index in [2.05, 4.69) is 47.7 Å². The highest BCUT2D eigenvalue weighted by atomic mass is 32.2. The molecule has 5 nitrogen and oxygen atoms in total. The van der Waals surface area contributed by atoms with Crippen molar-refractivity contribution in [2.75, 3.05) is 31.3 Å². The smallest absolute Gasteiger partial charge is 0.239 e. The van der Waals surface area contributed by atoms with Crippen LogP contribution in [0.1, 0.15) is 50.5 Å². The van der Waals surface area contributed by atoms with E-state index in [9.17, 15) is 4.79 Å². The van der Waals surface area contributed by atoms with Crippen molar-refractivity contribution < 1.29 is 9.53 Å². The number of anilines is 1. The topological polar surface area (TPSA) is 58.8 Å². The molecule has 2 fully saturated rings. The van der Waals surface area contributed by atoms with Crippen LogP contribution in [0, 0.1) is 11.8 Å². The Morgan fingerprint density at radius 2 is 1.93 bits per heavy atom. The van der Waals surface area contributed by atoms with Gasteiger partial charge in [0.05, 0.1) is 12.6 Å². The molecule has 0 bridgehead atoms. The maximum atomic E-state index is 12.7. The molecule has 1 unspecified atom stereocenters. The fourth-order valence-corrected chi connectivity index (χ4v) is 4.94. The summed E-state index contributed by atoms with van der Waals surface area (Å²) >= 11 is 0. The molecule has 1 aromatic rings. The van der Waals surface area contributed by atoms with E-state index in [4.69, 9.17) is 10.5 Å². The fraction of sp³-hybridized carbons (Fsp3) is 0.667. The van der Waals surface area contributed by atoms with E-state index in [0.717, 1.165) is 45.1 Å². The minimum atomic E-state index is -0.339. The first-order valence-electron chi connectivity index (χ1n) is 11.2. The largest absolute Gasteiger partial charge is 0.376 e. The Hall–Kier alpha value is -1.37. The van der Waals surface area contributed by atoms with E-state index in [-0.39, 0.29) is 22.6 Å². The first-order chi connectivity index (χ1) is 14.4. The number of hydrogen-bond acceptors (Lipinski definition) is 4. The summed E-state index contributed by atoms with van der Waals surface area (Å²) in [6.45, 7) is 1.42. The molecule has 0 spiro atoms. The molecule has 2 atom stereocenters. The van der Waals surface area contributed by atoms with Crippen molar-refractivity contribution in [3.05, 3.63) is 29.8 Å². The number of nitrogens with zero attached hydrogens (tertiary/aromatic N) is 2. The molecule has 2 aliphatic rings. The molecular weight excluding hydrogens is 394 g/mol. The fourth-order valence-electron chi connectivity index (χ4n) is 4.47. The number of amides is 1. The van der Waals surface area contributed by atoms with Crippen LogP contribution in [0.4, 0.5) is 5.69 Å². The third-order valence-electron chi connectivity index (χ3n) is 7.02. The molecule has 0 heterocycles. The third-order valence-corrected chi connectivity index (χ3v) is 8.16.